The number of rotatable bonds is 8. The maximum Gasteiger partial charge on any atom is 0.238 e. The molecule has 2 aromatic carbocycles. The molecule has 1 amide bonds. The minimum Gasteiger partial charge on any atom is -0.497 e. The molecular weight excluding hydrogens is 342 g/mol. The molecule has 1 aliphatic heterocycles. The van der Waals surface area contributed by atoms with Crippen LogP contribution < -0.4 is 10.1 Å². The first kappa shape index (κ1) is 18.8. The van der Waals surface area contributed by atoms with Gasteiger partial charge in [-0.3, -0.25) is 14.4 Å². The zero-order chi connectivity index (χ0) is 19.2. The summed E-state index contributed by atoms with van der Waals surface area (Å²) in [5.41, 5.74) is 2.07. The highest BCUT2D eigenvalue weighted by Gasteiger charge is 2.44. The molecule has 140 valence electrons. The summed E-state index contributed by atoms with van der Waals surface area (Å²) in [5.74, 6) is -1.48. The molecule has 27 heavy (non-hydrogen) atoms. The number of nitrogens with one attached hydrogen (secondary N) is 1. The Morgan fingerprint density at radius 3 is 2.30 bits per heavy atom. The van der Waals surface area contributed by atoms with Gasteiger partial charge >= 0.3 is 0 Å². The van der Waals surface area contributed by atoms with E-state index in [4.69, 9.17) is 4.74 Å². The molecule has 1 fully saturated rings. The lowest BCUT2D eigenvalue weighted by atomic mass is 9.92. The smallest absolute Gasteiger partial charge is 0.238 e. The van der Waals surface area contributed by atoms with Crippen molar-refractivity contribution in [3.05, 3.63) is 65.7 Å². The van der Waals surface area contributed by atoms with Gasteiger partial charge in [0.2, 0.25) is 5.91 Å². The number of benzene rings is 2. The number of aryl methyl sites for hydroxylation is 2. The SMILES string of the molecule is COc1ccc(CCC(=O)C2C(=O)NC(CCc3ccccc3)C2=O)cc1. The Balaban J connectivity index is 1.54. The lowest BCUT2D eigenvalue weighted by Crippen LogP contribution is -2.29. The second-order valence-electron chi connectivity index (χ2n) is 6.74. The second kappa shape index (κ2) is 8.62. The van der Waals surface area contributed by atoms with Crippen LogP contribution >= 0.6 is 0 Å². The Morgan fingerprint density at radius 2 is 1.63 bits per heavy atom. The molecule has 5 nitrogen and oxygen atoms in total. The van der Waals surface area contributed by atoms with E-state index < -0.39 is 17.9 Å². The Morgan fingerprint density at radius 1 is 0.963 bits per heavy atom. The van der Waals surface area contributed by atoms with Crippen LogP contribution in [0, 0.1) is 5.92 Å². The highest BCUT2D eigenvalue weighted by atomic mass is 16.5. The fraction of sp³-hybridized carbons (Fsp3) is 0.318. The summed E-state index contributed by atoms with van der Waals surface area (Å²) in [5, 5.41) is 2.69. The molecule has 1 saturated heterocycles. The number of Topliss-reactive ketones (excluding diaryl/α,β-unsaturated/α-hetero) is 2. The molecule has 0 aromatic heterocycles. The number of hydrogen-bond acceptors (Lipinski definition) is 4. The molecule has 5 heteroatoms. The van der Waals surface area contributed by atoms with Crippen LogP contribution in [0.1, 0.15) is 24.0 Å². The minimum absolute atomic E-state index is 0.168. The van der Waals surface area contributed by atoms with Crippen LogP contribution in [0.5, 0.6) is 5.75 Å². The van der Waals surface area contributed by atoms with Gasteiger partial charge in [0.25, 0.3) is 0 Å². The summed E-state index contributed by atoms with van der Waals surface area (Å²) in [6, 6.07) is 16.6. The van der Waals surface area contributed by atoms with Gasteiger partial charge in [0.05, 0.1) is 13.2 Å². The summed E-state index contributed by atoms with van der Waals surface area (Å²) in [6.45, 7) is 0. The van der Waals surface area contributed by atoms with Crippen LogP contribution in [-0.4, -0.2) is 30.6 Å². The van der Waals surface area contributed by atoms with Gasteiger partial charge in [-0.2, -0.15) is 0 Å². The lowest BCUT2D eigenvalue weighted by molar-refractivity contribution is -0.136. The Kier molecular flexibility index (Phi) is 6.01. The zero-order valence-corrected chi connectivity index (χ0v) is 15.3. The van der Waals surface area contributed by atoms with Crippen LogP contribution in [0.4, 0.5) is 0 Å². The van der Waals surface area contributed by atoms with Crippen molar-refractivity contribution in [3.63, 3.8) is 0 Å². The Hall–Kier alpha value is -2.95. The van der Waals surface area contributed by atoms with E-state index in [9.17, 15) is 14.4 Å². The molecule has 2 aromatic rings. The van der Waals surface area contributed by atoms with Gasteiger partial charge in [-0.05, 0) is 42.5 Å². The van der Waals surface area contributed by atoms with E-state index in [-0.39, 0.29) is 18.0 Å². The van der Waals surface area contributed by atoms with E-state index in [0.717, 1.165) is 16.9 Å². The van der Waals surface area contributed by atoms with Crippen LogP contribution in [-0.2, 0) is 27.2 Å². The number of carbonyl (C=O) groups is 3. The Labute approximate surface area is 158 Å². The number of carbonyl (C=O) groups excluding carboxylic acids is 3. The van der Waals surface area contributed by atoms with Crippen molar-refractivity contribution >= 4 is 17.5 Å². The highest BCUT2D eigenvalue weighted by Crippen LogP contribution is 2.20. The fourth-order valence-electron chi connectivity index (χ4n) is 3.34. The van der Waals surface area contributed by atoms with Gasteiger partial charge in [0.1, 0.15) is 5.75 Å². The van der Waals surface area contributed by atoms with Gasteiger partial charge in [0, 0.05) is 6.42 Å². The van der Waals surface area contributed by atoms with Crippen molar-refractivity contribution in [1.82, 2.24) is 5.32 Å². The number of hydrogen-bond donors (Lipinski definition) is 1. The third kappa shape index (κ3) is 4.61. The standard InChI is InChI=1S/C22H23NO4/c1-27-17-11-7-16(8-12-17)10-14-19(24)20-21(25)18(23-22(20)26)13-9-15-5-3-2-4-6-15/h2-8,11-12,18,20H,9-10,13-14H2,1H3,(H,23,26). The highest BCUT2D eigenvalue weighted by molar-refractivity contribution is 6.24. The van der Waals surface area contributed by atoms with Gasteiger partial charge in [0.15, 0.2) is 17.5 Å². The molecule has 1 N–H and O–H groups in total. The van der Waals surface area contributed by atoms with Crippen LogP contribution in [0.25, 0.3) is 0 Å². The lowest BCUT2D eigenvalue weighted by Gasteiger charge is -2.09. The number of ketones is 2. The predicted octanol–water partition coefficient (Wildman–Crippen LogP) is 2.51. The first-order chi connectivity index (χ1) is 13.1. The van der Waals surface area contributed by atoms with Gasteiger partial charge < -0.3 is 10.1 Å². The zero-order valence-electron chi connectivity index (χ0n) is 15.3. The van der Waals surface area contributed by atoms with Gasteiger partial charge in [-0.25, -0.2) is 0 Å². The van der Waals surface area contributed by atoms with E-state index in [2.05, 4.69) is 5.32 Å². The van der Waals surface area contributed by atoms with E-state index in [1.807, 2.05) is 54.6 Å². The van der Waals surface area contributed by atoms with E-state index in [1.54, 1.807) is 7.11 Å². The van der Waals surface area contributed by atoms with Gasteiger partial charge in [-0.1, -0.05) is 42.5 Å². The van der Waals surface area contributed by atoms with Gasteiger partial charge in [-0.15, -0.1) is 0 Å². The van der Waals surface area contributed by atoms with E-state index >= 15 is 0 Å². The first-order valence-corrected chi connectivity index (χ1v) is 9.12. The second-order valence-corrected chi connectivity index (χ2v) is 6.74. The van der Waals surface area contributed by atoms with E-state index in [1.165, 1.54) is 0 Å². The summed E-state index contributed by atoms with van der Waals surface area (Å²) < 4.78 is 5.11. The van der Waals surface area contributed by atoms with Crippen molar-refractivity contribution in [1.29, 1.82) is 0 Å². The first-order valence-electron chi connectivity index (χ1n) is 9.12. The molecule has 2 atom stereocenters. The Bertz CT molecular complexity index is 814. The summed E-state index contributed by atoms with van der Waals surface area (Å²) in [7, 11) is 1.59. The average molecular weight is 365 g/mol. The van der Waals surface area contributed by atoms with E-state index in [0.29, 0.717) is 19.3 Å². The molecule has 0 aliphatic carbocycles. The number of amides is 1. The molecule has 0 spiro atoms. The minimum atomic E-state index is -1.16. The molecule has 1 heterocycles. The largest absolute Gasteiger partial charge is 0.497 e. The van der Waals surface area contributed by atoms with Crippen molar-refractivity contribution in [2.75, 3.05) is 7.11 Å². The molecule has 3 rings (SSSR count). The van der Waals surface area contributed by atoms with Crippen molar-refractivity contribution in [3.8, 4) is 5.75 Å². The molecule has 0 bridgehead atoms. The molecule has 1 aliphatic rings. The molecular formula is C22H23NO4. The molecule has 0 saturated carbocycles. The normalized spacial score (nSPS) is 19.0. The maximum atomic E-state index is 12.6. The quantitative estimate of drug-likeness (QED) is 0.730. The van der Waals surface area contributed by atoms with Crippen LogP contribution in [0.3, 0.4) is 0 Å². The maximum absolute atomic E-state index is 12.6. The van der Waals surface area contributed by atoms with Crippen molar-refractivity contribution in [2.45, 2.75) is 31.7 Å². The number of ether oxygens (including phenoxy) is 1. The average Bonchev–Trinajstić information content (AvgIpc) is 2.99. The fourth-order valence-corrected chi connectivity index (χ4v) is 3.34. The monoisotopic (exact) mass is 365 g/mol. The predicted molar refractivity (Wildman–Crippen MR) is 102 cm³/mol. The number of methoxy groups -OCH3 is 1. The summed E-state index contributed by atoms with van der Waals surface area (Å²) in [4.78, 5) is 37.2. The third-order valence-corrected chi connectivity index (χ3v) is 4.91. The molecule has 2 unspecified atom stereocenters. The topological polar surface area (TPSA) is 72.5 Å². The van der Waals surface area contributed by atoms with Crippen LogP contribution in [0.15, 0.2) is 54.6 Å². The van der Waals surface area contributed by atoms with Crippen molar-refractivity contribution < 1.29 is 19.1 Å². The summed E-state index contributed by atoms with van der Waals surface area (Å²) >= 11 is 0. The van der Waals surface area contributed by atoms with Crippen molar-refractivity contribution in [2.24, 2.45) is 5.92 Å². The third-order valence-electron chi connectivity index (χ3n) is 4.91. The van der Waals surface area contributed by atoms with Crippen LogP contribution in [0.2, 0.25) is 0 Å². The summed E-state index contributed by atoms with van der Waals surface area (Å²) in [6.07, 6.45) is 1.86. The molecule has 0 radical (unpaired) electrons.